The van der Waals surface area contributed by atoms with Crippen LogP contribution in [0, 0.1) is 0 Å². The van der Waals surface area contributed by atoms with Gasteiger partial charge in [0.2, 0.25) is 0 Å². The van der Waals surface area contributed by atoms with Crippen LogP contribution in [-0.2, 0) is 0 Å². The zero-order valence-electron chi connectivity index (χ0n) is 12.8. The summed E-state index contributed by atoms with van der Waals surface area (Å²) in [5, 5.41) is 3.36. The van der Waals surface area contributed by atoms with E-state index in [0.717, 1.165) is 32.5 Å². The second kappa shape index (κ2) is 6.67. The predicted octanol–water partition coefficient (Wildman–Crippen LogP) is 2.59. The van der Waals surface area contributed by atoms with Gasteiger partial charge in [-0.15, -0.1) is 0 Å². The first kappa shape index (κ1) is 15.3. The average Bonchev–Trinajstić information content (AvgIpc) is 2.85. The molecule has 22 heavy (non-hydrogen) atoms. The van der Waals surface area contributed by atoms with Gasteiger partial charge in [-0.2, -0.15) is 0 Å². The molecule has 6 heteroatoms. The average molecular weight is 321 g/mol. The molecule has 0 spiro atoms. The Hall–Kier alpha value is -1.59. The van der Waals surface area contributed by atoms with Gasteiger partial charge in [0, 0.05) is 25.3 Å². The van der Waals surface area contributed by atoms with Crippen molar-refractivity contribution in [3.05, 3.63) is 35.2 Å². The lowest BCUT2D eigenvalue weighted by Crippen LogP contribution is -2.45. The largest absolute Gasteiger partial charge is 0.348 e. The number of rotatable bonds is 4. The number of aromatic nitrogens is 2. The van der Waals surface area contributed by atoms with Gasteiger partial charge in [0.25, 0.3) is 5.91 Å². The monoisotopic (exact) mass is 320 g/mol. The number of likely N-dealkylation sites (tertiary alicyclic amines) is 1. The fourth-order valence-corrected chi connectivity index (χ4v) is 3.30. The van der Waals surface area contributed by atoms with E-state index in [1.165, 1.54) is 6.42 Å². The van der Waals surface area contributed by atoms with Gasteiger partial charge in [0.1, 0.15) is 5.65 Å². The minimum absolute atomic E-state index is 0.141. The number of nitrogens with one attached hydrogen (secondary N) is 1. The summed E-state index contributed by atoms with van der Waals surface area (Å²) in [5.41, 5.74) is 1.11. The molecular weight excluding hydrogens is 300 g/mol. The van der Waals surface area contributed by atoms with Crippen LogP contribution in [-0.4, -0.2) is 45.9 Å². The van der Waals surface area contributed by atoms with Crippen molar-refractivity contribution in [1.82, 2.24) is 19.6 Å². The fraction of sp³-hybridized carbons (Fsp3) is 0.500. The second-order valence-corrected chi connectivity index (χ2v) is 6.13. The lowest BCUT2D eigenvalue weighted by atomic mass is 10.0. The van der Waals surface area contributed by atoms with Gasteiger partial charge >= 0.3 is 0 Å². The first-order valence-electron chi connectivity index (χ1n) is 7.85. The summed E-state index contributed by atoms with van der Waals surface area (Å²) in [6.45, 7) is 5.42. The third-order valence-corrected chi connectivity index (χ3v) is 4.43. The summed E-state index contributed by atoms with van der Waals surface area (Å²) in [6, 6.07) is 5.80. The van der Waals surface area contributed by atoms with Crippen LogP contribution in [0.2, 0.25) is 5.15 Å². The molecule has 0 bridgehead atoms. The molecule has 1 aliphatic heterocycles. The van der Waals surface area contributed by atoms with Crippen molar-refractivity contribution in [3.8, 4) is 0 Å². The quantitative estimate of drug-likeness (QED) is 0.942. The van der Waals surface area contributed by atoms with E-state index < -0.39 is 0 Å². The van der Waals surface area contributed by atoms with Crippen LogP contribution in [0.4, 0.5) is 0 Å². The van der Waals surface area contributed by atoms with E-state index >= 15 is 0 Å². The lowest BCUT2D eigenvalue weighted by molar-refractivity contribution is 0.0905. The number of halogens is 1. The van der Waals surface area contributed by atoms with Crippen molar-refractivity contribution in [3.63, 3.8) is 0 Å². The molecule has 3 rings (SSSR count). The fourth-order valence-electron chi connectivity index (χ4n) is 3.04. The van der Waals surface area contributed by atoms with Crippen LogP contribution < -0.4 is 5.32 Å². The normalized spacial score (nSPS) is 17.0. The Labute approximate surface area is 135 Å². The summed E-state index contributed by atoms with van der Waals surface area (Å²) in [7, 11) is 0. The molecular formula is C16H21ClN4O. The number of fused-ring (bicyclic) bond motifs is 1. The summed E-state index contributed by atoms with van der Waals surface area (Å²) >= 11 is 6.14. The molecule has 0 radical (unpaired) electrons. The smallest absolute Gasteiger partial charge is 0.271 e. The molecule has 1 aliphatic rings. The Bertz CT molecular complexity index is 661. The third-order valence-electron chi connectivity index (χ3n) is 4.17. The number of nitrogens with zero attached hydrogens (tertiary/aromatic N) is 3. The minimum atomic E-state index is -0.141. The number of piperidine rings is 1. The molecule has 1 fully saturated rings. The van der Waals surface area contributed by atoms with E-state index in [1.54, 1.807) is 4.40 Å². The van der Waals surface area contributed by atoms with Crippen LogP contribution in [0.5, 0.6) is 0 Å². The van der Waals surface area contributed by atoms with Crippen LogP contribution in [0.1, 0.15) is 36.7 Å². The van der Waals surface area contributed by atoms with Crippen LogP contribution in [0.25, 0.3) is 5.65 Å². The van der Waals surface area contributed by atoms with Gasteiger partial charge < -0.3 is 10.2 Å². The molecule has 3 heterocycles. The third kappa shape index (κ3) is 3.10. The summed E-state index contributed by atoms with van der Waals surface area (Å²) < 4.78 is 1.74. The molecule has 1 saturated heterocycles. The van der Waals surface area contributed by atoms with Gasteiger partial charge in [0.15, 0.2) is 10.8 Å². The van der Waals surface area contributed by atoms with Crippen molar-refractivity contribution in [1.29, 1.82) is 0 Å². The number of pyridine rings is 1. The topological polar surface area (TPSA) is 49.6 Å². The van der Waals surface area contributed by atoms with E-state index in [-0.39, 0.29) is 17.1 Å². The summed E-state index contributed by atoms with van der Waals surface area (Å²) in [6.07, 6.45) is 4.96. The maximum absolute atomic E-state index is 12.5. The van der Waals surface area contributed by atoms with Crippen molar-refractivity contribution >= 4 is 23.2 Å². The van der Waals surface area contributed by atoms with Crippen LogP contribution in [0.15, 0.2) is 24.4 Å². The number of carbonyl (C=O) groups is 1. The molecule has 5 nitrogen and oxygen atoms in total. The Morgan fingerprint density at radius 2 is 2.18 bits per heavy atom. The summed E-state index contributed by atoms with van der Waals surface area (Å²) in [4.78, 5) is 19.2. The standard InChI is InChI=1S/C16H21ClN4O/c1-2-8-20-10-6-12(7-11-20)18-16(22)14-15(17)19-13-5-3-4-9-21(13)14/h3-5,9,12H,2,6-8,10-11H2,1H3,(H,18,22). The summed E-state index contributed by atoms with van der Waals surface area (Å²) in [5.74, 6) is -0.141. The highest BCUT2D eigenvalue weighted by atomic mass is 35.5. The highest BCUT2D eigenvalue weighted by Gasteiger charge is 2.24. The number of imidazole rings is 1. The predicted molar refractivity (Wildman–Crippen MR) is 87.4 cm³/mol. The zero-order valence-corrected chi connectivity index (χ0v) is 13.5. The molecule has 2 aromatic rings. The van der Waals surface area contributed by atoms with E-state index in [0.29, 0.717) is 11.3 Å². The molecule has 2 aromatic heterocycles. The van der Waals surface area contributed by atoms with E-state index in [4.69, 9.17) is 11.6 Å². The Balaban J connectivity index is 1.68. The van der Waals surface area contributed by atoms with Crippen molar-refractivity contribution in [2.24, 2.45) is 0 Å². The highest BCUT2D eigenvalue weighted by molar-refractivity contribution is 6.32. The molecule has 118 valence electrons. The Morgan fingerprint density at radius 3 is 2.91 bits per heavy atom. The van der Waals surface area contributed by atoms with Crippen molar-refractivity contribution < 1.29 is 4.79 Å². The van der Waals surface area contributed by atoms with E-state index in [2.05, 4.69) is 22.1 Å². The maximum atomic E-state index is 12.5. The van der Waals surface area contributed by atoms with Crippen LogP contribution in [0.3, 0.4) is 0 Å². The van der Waals surface area contributed by atoms with Gasteiger partial charge in [-0.25, -0.2) is 4.98 Å². The van der Waals surface area contributed by atoms with E-state index in [9.17, 15) is 4.79 Å². The molecule has 0 saturated carbocycles. The van der Waals surface area contributed by atoms with Gasteiger partial charge in [-0.05, 0) is 37.9 Å². The number of hydrogen-bond acceptors (Lipinski definition) is 3. The van der Waals surface area contributed by atoms with Crippen molar-refractivity contribution in [2.45, 2.75) is 32.2 Å². The second-order valence-electron chi connectivity index (χ2n) is 5.77. The van der Waals surface area contributed by atoms with Gasteiger partial charge in [0.05, 0.1) is 0 Å². The first-order valence-corrected chi connectivity index (χ1v) is 8.22. The molecule has 1 amide bonds. The zero-order chi connectivity index (χ0) is 15.5. The van der Waals surface area contributed by atoms with Crippen molar-refractivity contribution in [2.75, 3.05) is 19.6 Å². The highest BCUT2D eigenvalue weighted by Crippen LogP contribution is 2.18. The molecule has 0 unspecified atom stereocenters. The Kier molecular flexibility index (Phi) is 4.64. The minimum Gasteiger partial charge on any atom is -0.348 e. The van der Waals surface area contributed by atoms with Gasteiger partial charge in [-0.1, -0.05) is 24.6 Å². The first-order chi connectivity index (χ1) is 10.7. The molecule has 1 N–H and O–H groups in total. The number of carbonyl (C=O) groups excluding carboxylic acids is 1. The van der Waals surface area contributed by atoms with Crippen LogP contribution >= 0.6 is 11.6 Å². The molecule has 0 aliphatic carbocycles. The van der Waals surface area contributed by atoms with Gasteiger partial charge in [-0.3, -0.25) is 9.20 Å². The lowest BCUT2D eigenvalue weighted by Gasteiger charge is -2.32. The van der Waals surface area contributed by atoms with E-state index in [1.807, 2.05) is 24.4 Å². The molecule has 0 aromatic carbocycles. The number of hydrogen-bond donors (Lipinski definition) is 1. The SMILES string of the molecule is CCCN1CCC(NC(=O)c2c(Cl)nc3ccccn23)CC1. The maximum Gasteiger partial charge on any atom is 0.271 e. The molecule has 0 atom stereocenters. The Morgan fingerprint density at radius 1 is 1.41 bits per heavy atom. The number of amides is 1.